The number of nitrogens with zero attached hydrogens (tertiary/aromatic N) is 1. The molecule has 1 atom stereocenters. The van der Waals surface area contributed by atoms with E-state index in [-0.39, 0.29) is 11.9 Å². The summed E-state index contributed by atoms with van der Waals surface area (Å²) in [6.07, 6.45) is 0.961. The lowest BCUT2D eigenvalue weighted by atomic mass is 9.98. The van der Waals surface area contributed by atoms with E-state index in [1.54, 1.807) is 0 Å². The highest BCUT2D eigenvalue weighted by Crippen LogP contribution is 2.38. The lowest BCUT2D eigenvalue weighted by Crippen LogP contribution is -2.30. The van der Waals surface area contributed by atoms with Gasteiger partial charge in [-0.2, -0.15) is 0 Å². The molecule has 0 fully saturated rings. The standard InChI is InChI=1S/C17H16BrNO/c18-11-6-12-19-16(13-7-2-1-3-8-13)14-9-4-5-10-15(14)17(19)20/h1-5,7-10,16H,6,11-12H2. The van der Waals surface area contributed by atoms with Crippen LogP contribution in [0.4, 0.5) is 0 Å². The number of hydrogen-bond acceptors (Lipinski definition) is 1. The maximum absolute atomic E-state index is 12.6. The monoisotopic (exact) mass is 329 g/mol. The summed E-state index contributed by atoms with van der Waals surface area (Å²) >= 11 is 3.45. The Hall–Kier alpha value is -1.61. The first kappa shape index (κ1) is 13.4. The molecule has 0 spiro atoms. The number of carbonyl (C=O) groups excluding carboxylic acids is 1. The molecule has 0 radical (unpaired) electrons. The first-order valence-electron chi connectivity index (χ1n) is 6.83. The Morgan fingerprint density at radius 1 is 1.00 bits per heavy atom. The van der Waals surface area contributed by atoms with E-state index >= 15 is 0 Å². The van der Waals surface area contributed by atoms with Gasteiger partial charge in [-0.15, -0.1) is 0 Å². The normalized spacial score (nSPS) is 17.4. The van der Waals surface area contributed by atoms with Crippen molar-refractivity contribution in [3.8, 4) is 0 Å². The molecule has 1 aliphatic rings. The fourth-order valence-corrected chi connectivity index (χ4v) is 3.08. The minimum Gasteiger partial charge on any atom is -0.327 e. The summed E-state index contributed by atoms with van der Waals surface area (Å²) in [7, 11) is 0. The van der Waals surface area contributed by atoms with Crippen molar-refractivity contribution in [3.05, 3.63) is 71.3 Å². The zero-order valence-corrected chi connectivity index (χ0v) is 12.7. The molecular weight excluding hydrogens is 314 g/mol. The first-order valence-corrected chi connectivity index (χ1v) is 7.96. The molecule has 20 heavy (non-hydrogen) atoms. The number of rotatable bonds is 4. The van der Waals surface area contributed by atoms with Crippen molar-refractivity contribution in [1.82, 2.24) is 4.90 Å². The number of alkyl halides is 1. The van der Waals surface area contributed by atoms with Crippen LogP contribution in [0.1, 0.15) is 33.9 Å². The minimum absolute atomic E-state index is 0.0546. The summed E-state index contributed by atoms with van der Waals surface area (Å²) in [4.78, 5) is 14.6. The Balaban J connectivity index is 2.05. The average molecular weight is 330 g/mol. The van der Waals surface area contributed by atoms with Crippen LogP contribution >= 0.6 is 15.9 Å². The summed E-state index contributed by atoms with van der Waals surface area (Å²) in [6.45, 7) is 0.776. The van der Waals surface area contributed by atoms with Crippen LogP contribution in [0.25, 0.3) is 0 Å². The van der Waals surface area contributed by atoms with Crippen LogP contribution < -0.4 is 0 Å². The van der Waals surface area contributed by atoms with Gasteiger partial charge in [0.05, 0.1) is 6.04 Å². The van der Waals surface area contributed by atoms with Crippen LogP contribution in [0.2, 0.25) is 0 Å². The third-order valence-corrected chi connectivity index (χ3v) is 4.27. The van der Waals surface area contributed by atoms with E-state index in [0.717, 1.165) is 29.4 Å². The van der Waals surface area contributed by atoms with E-state index in [9.17, 15) is 4.79 Å². The van der Waals surface area contributed by atoms with Gasteiger partial charge in [-0.3, -0.25) is 4.79 Å². The topological polar surface area (TPSA) is 20.3 Å². The Morgan fingerprint density at radius 3 is 2.45 bits per heavy atom. The number of amides is 1. The Morgan fingerprint density at radius 2 is 1.70 bits per heavy atom. The van der Waals surface area contributed by atoms with Crippen molar-refractivity contribution < 1.29 is 4.79 Å². The molecular formula is C17H16BrNO. The maximum Gasteiger partial charge on any atom is 0.255 e. The molecule has 0 aliphatic carbocycles. The van der Waals surface area contributed by atoms with Gasteiger partial charge in [0, 0.05) is 17.4 Å². The van der Waals surface area contributed by atoms with Gasteiger partial charge in [-0.1, -0.05) is 64.5 Å². The highest BCUT2D eigenvalue weighted by Gasteiger charge is 2.36. The lowest BCUT2D eigenvalue weighted by Gasteiger charge is -2.25. The summed E-state index contributed by atoms with van der Waals surface area (Å²) in [5, 5.41) is 0.911. The second-order valence-electron chi connectivity index (χ2n) is 4.94. The molecule has 2 aromatic carbocycles. The van der Waals surface area contributed by atoms with Gasteiger partial charge in [-0.25, -0.2) is 0 Å². The van der Waals surface area contributed by atoms with E-state index in [1.807, 2.05) is 41.3 Å². The molecule has 3 heteroatoms. The van der Waals surface area contributed by atoms with Gasteiger partial charge < -0.3 is 4.90 Å². The van der Waals surface area contributed by atoms with Crippen LogP contribution in [0, 0.1) is 0 Å². The minimum atomic E-state index is 0.0546. The summed E-state index contributed by atoms with van der Waals surface area (Å²) in [5.41, 5.74) is 3.15. The van der Waals surface area contributed by atoms with Crippen molar-refractivity contribution >= 4 is 21.8 Å². The Bertz CT molecular complexity index is 611. The smallest absolute Gasteiger partial charge is 0.255 e. The first-order chi connectivity index (χ1) is 9.83. The van der Waals surface area contributed by atoms with E-state index in [0.29, 0.717) is 0 Å². The molecule has 1 heterocycles. The summed E-state index contributed by atoms with van der Waals surface area (Å²) < 4.78 is 0. The number of hydrogen-bond donors (Lipinski definition) is 0. The lowest BCUT2D eigenvalue weighted by molar-refractivity contribution is 0.0750. The number of halogens is 1. The molecule has 0 aromatic heterocycles. The van der Waals surface area contributed by atoms with Crippen LogP contribution in [0.15, 0.2) is 54.6 Å². The van der Waals surface area contributed by atoms with Gasteiger partial charge in [0.2, 0.25) is 0 Å². The third kappa shape index (κ3) is 2.27. The van der Waals surface area contributed by atoms with Crippen molar-refractivity contribution in [1.29, 1.82) is 0 Å². The van der Waals surface area contributed by atoms with Crippen molar-refractivity contribution in [2.75, 3.05) is 11.9 Å². The second kappa shape index (κ2) is 5.80. The number of carbonyl (C=O) groups is 1. The molecule has 0 N–H and O–H groups in total. The molecule has 1 aliphatic heterocycles. The molecule has 102 valence electrons. The quantitative estimate of drug-likeness (QED) is 0.776. The molecule has 3 rings (SSSR count). The Kier molecular flexibility index (Phi) is 3.88. The number of fused-ring (bicyclic) bond motifs is 1. The maximum atomic E-state index is 12.6. The molecule has 0 saturated heterocycles. The fourth-order valence-electron chi connectivity index (χ4n) is 2.83. The van der Waals surface area contributed by atoms with Crippen molar-refractivity contribution in [2.45, 2.75) is 12.5 Å². The molecule has 0 saturated carbocycles. The zero-order valence-electron chi connectivity index (χ0n) is 11.1. The van der Waals surface area contributed by atoms with Gasteiger partial charge in [0.1, 0.15) is 0 Å². The SMILES string of the molecule is O=C1c2ccccc2C(c2ccccc2)N1CCCBr. The van der Waals surface area contributed by atoms with Gasteiger partial charge in [-0.05, 0) is 23.6 Å². The van der Waals surface area contributed by atoms with Crippen LogP contribution in [-0.2, 0) is 0 Å². The molecule has 2 nitrogen and oxygen atoms in total. The van der Waals surface area contributed by atoms with E-state index in [4.69, 9.17) is 0 Å². The summed E-state index contributed by atoms with van der Waals surface area (Å²) in [5.74, 6) is 0.149. The zero-order chi connectivity index (χ0) is 13.9. The molecule has 1 amide bonds. The third-order valence-electron chi connectivity index (χ3n) is 3.71. The second-order valence-corrected chi connectivity index (χ2v) is 5.73. The van der Waals surface area contributed by atoms with Crippen molar-refractivity contribution in [3.63, 3.8) is 0 Å². The predicted molar refractivity (Wildman–Crippen MR) is 84.2 cm³/mol. The van der Waals surface area contributed by atoms with Crippen molar-refractivity contribution in [2.24, 2.45) is 0 Å². The largest absolute Gasteiger partial charge is 0.327 e. The fraction of sp³-hybridized carbons (Fsp3) is 0.235. The predicted octanol–water partition coefficient (Wildman–Crippen LogP) is 4.02. The van der Waals surface area contributed by atoms with Gasteiger partial charge >= 0.3 is 0 Å². The van der Waals surface area contributed by atoms with E-state index < -0.39 is 0 Å². The van der Waals surface area contributed by atoms with Crippen LogP contribution in [0.3, 0.4) is 0 Å². The van der Waals surface area contributed by atoms with E-state index in [1.165, 1.54) is 5.56 Å². The molecule has 0 bridgehead atoms. The molecule has 2 aromatic rings. The Labute approximate surface area is 127 Å². The average Bonchev–Trinajstić information content (AvgIpc) is 2.79. The summed E-state index contributed by atoms with van der Waals surface area (Å²) in [6, 6.07) is 18.3. The highest BCUT2D eigenvalue weighted by atomic mass is 79.9. The molecule has 1 unspecified atom stereocenters. The van der Waals surface area contributed by atoms with E-state index in [2.05, 4.69) is 34.1 Å². The highest BCUT2D eigenvalue weighted by molar-refractivity contribution is 9.09. The number of benzene rings is 2. The van der Waals surface area contributed by atoms with Gasteiger partial charge in [0.25, 0.3) is 5.91 Å². The van der Waals surface area contributed by atoms with Crippen LogP contribution in [0.5, 0.6) is 0 Å². The van der Waals surface area contributed by atoms with Gasteiger partial charge in [0.15, 0.2) is 0 Å². The van der Waals surface area contributed by atoms with Crippen LogP contribution in [-0.4, -0.2) is 22.7 Å².